The number of fused-ring (bicyclic) bond motifs is 4. The van der Waals surface area contributed by atoms with Crippen molar-refractivity contribution in [2.45, 2.75) is 24.2 Å². The number of carbonyl (C=O) groups is 4. The molecular weight excluding hydrogens is 650 g/mol. The summed E-state index contributed by atoms with van der Waals surface area (Å²) in [7, 11) is 0. The van der Waals surface area contributed by atoms with Crippen LogP contribution in [-0.2, 0) is 24.6 Å². The molecule has 4 aromatic carbocycles. The van der Waals surface area contributed by atoms with E-state index in [-0.39, 0.29) is 43.0 Å². The minimum Gasteiger partial charge on any atom is -0.491 e. The number of anilines is 1. The maximum Gasteiger partial charge on any atom is 0.238 e. The van der Waals surface area contributed by atoms with Crippen molar-refractivity contribution < 1.29 is 29.0 Å². The lowest BCUT2D eigenvalue weighted by Gasteiger charge is -2.55. The molecule has 3 aliphatic carbocycles. The van der Waals surface area contributed by atoms with E-state index in [2.05, 4.69) is 6.08 Å². The molecule has 4 aliphatic rings. The number of ketones is 2. The summed E-state index contributed by atoms with van der Waals surface area (Å²) >= 11 is 6.14. The molecule has 250 valence electrons. The highest BCUT2D eigenvalue weighted by Gasteiger charge is 2.66. The number of hydrogen-bond acceptors (Lipinski definition) is 6. The van der Waals surface area contributed by atoms with Crippen LogP contribution in [0.1, 0.15) is 35.4 Å². The number of halogens is 1. The Morgan fingerprint density at radius 3 is 2.16 bits per heavy atom. The SMILES string of the molecule is O=C1C(c2ccccc2)=CC(=O)[C@@]2(c3ccccc3)[C@@H](c3ccc(OCCO)cc3)C3=CC[C@@H]4C(=O)N(c5ccc(Cl)cc5)C(=O)[C@@H]4[C@@H]3C[C@@H]12. The number of aliphatic hydroxyl groups is 1. The van der Waals surface area contributed by atoms with Gasteiger partial charge in [0, 0.05) is 22.4 Å². The first-order valence-corrected chi connectivity index (χ1v) is 17.3. The van der Waals surface area contributed by atoms with Crippen LogP contribution in [0, 0.1) is 23.7 Å². The third-order valence-electron chi connectivity index (χ3n) is 11.0. The summed E-state index contributed by atoms with van der Waals surface area (Å²) < 4.78 is 5.67. The van der Waals surface area contributed by atoms with Gasteiger partial charge < -0.3 is 9.84 Å². The van der Waals surface area contributed by atoms with Crippen LogP contribution in [0.5, 0.6) is 5.75 Å². The minimum atomic E-state index is -1.30. The molecule has 1 saturated carbocycles. The molecule has 1 aliphatic heterocycles. The van der Waals surface area contributed by atoms with Crippen molar-refractivity contribution in [1.29, 1.82) is 0 Å². The van der Waals surface area contributed by atoms with Crippen molar-refractivity contribution in [1.82, 2.24) is 0 Å². The van der Waals surface area contributed by atoms with E-state index in [0.29, 0.717) is 34.0 Å². The molecule has 0 unspecified atom stereocenters. The molecule has 1 heterocycles. The smallest absolute Gasteiger partial charge is 0.238 e. The second-order valence-electron chi connectivity index (χ2n) is 13.4. The zero-order chi connectivity index (χ0) is 34.6. The van der Waals surface area contributed by atoms with Crippen molar-refractivity contribution >= 4 is 46.2 Å². The molecule has 1 saturated heterocycles. The van der Waals surface area contributed by atoms with Crippen LogP contribution in [0.25, 0.3) is 5.57 Å². The number of imide groups is 1. The summed E-state index contributed by atoms with van der Waals surface area (Å²) in [5, 5.41) is 9.81. The number of amides is 2. The minimum absolute atomic E-state index is 0.132. The average Bonchev–Trinajstić information content (AvgIpc) is 3.41. The maximum absolute atomic E-state index is 15.1. The number of aliphatic hydroxyl groups excluding tert-OH is 1. The van der Waals surface area contributed by atoms with E-state index in [0.717, 1.165) is 16.7 Å². The summed E-state index contributed by atoms with van der Waals surface area (Å²) in [6.07, 6.45) is 4.14. The molecule has 6 atom stereocenters. The molecule has 4 aromatic rings. The number of nitrogens with zero attached hydrogens (tertiary/aromatic N) is 1. The highest BCUT2D eigenvalue weighted by atomic mass is 35.5. The van der Waals surface area contributed by atoms with Gasteiger partial charge in [0.05, 0.1) is 29.5 Å². The van der Waals surface area contributed by atoms with Gasteiger partial charge in [-0.15, -0.1) is 0 Å². The van der Waals surface area contributed by atoms with Crippen molar-refractivity contribution in [2.75, 3.05) is 18.1 Å². The fraction of sp³-hybridized carbons (Fsp3) is 0.238. The van der Waals surface area contributed by atoms with Gasteiger partial charge in [-0.1, -0.05) is 96.0 Å². The van der Waals surface area contributed by atoms with E-state index in [1.165, 1.54) is 11.0 Å². The number of allylic oxidation sites excluding steroid dienone is 4. The third kappa shape index (κ3) is 4.90. The predicted molar refractivity (Wildman–Crippen MR) is 190 cm³/mol. The van der Waals surface area contributed by atoms with Crippen LogP contribution in [0.3, 0.4) is 0 Å². The van der Waals surface area contributed by atoms with Gasteiger partial charge in [0.15, 0.2) is 11.6 Å². The summed E-state index contributed by atoms with van der Waals surface area (Å²) in [5.41, 5.74) is 2.61. The molecule has 0 bridgehead atoms. The number of Topliss-reactive ketones (excluding diaryl/α,β-unsaturated/α-hetero) is 1. The quantitative estimate of drug-likeness (QED) is 0.171. The Labute approximate surface area is 294 Å². The number of benzene rings is 4. The molecule has 0 aromatic heterocycles. The van der Waals surface area contributed by atoms with Gasteiger partial charge in [-0.2, -0.15) is 0 Å². The first-order valence-electron chi connectivity index (χ1n) is 16.9. The van der Waals surface area contributed by atoms with Gasteiger partial charge in [-0.3, -0.25) is 24.1 Å². The third-order valence-corrected chi connectivity index (χ3v) is 11.3. The van der Waals surface area contributed by atoms with Crippen molar-refractivity contribution in [3.63, 3.8) is 0 Å². The zero-order valence-electron chi connectivity index (χ0n) is 27.1. The van der Waals surface area contributed by atoms with Gasteiger partial charge in [0.2, 0.25) is 11.8 Å². The Bertz CT molecular complexity index is 2060. The molecule has 1 N–H and O–H groups in total. The average molecular weight is 684 g/mol. The Kier molecular flexibility index (Phi) is 8.13. The van der Waals surface area contributed by atoms with Crippen LogP contribution < -0.4 is 9.64 Å². The van der Waals surface area contributed by atoms with E-state index in [1.54, 1.807) is 36.4 Å². The highest BCUT2D eigenvalue weighted by Crippen LogP contribution is 2.63. The first-order chi connectivity index (χ1) is 24.3. The Balaban J connectivity index is 1.33. The first kappa shape index (κ1) is 32.1. The molecule has 2 fully saturated rings. The number of carbonyl (C=O) groups excluding carboxylic acids is 4. The van der Waals surface area contributed by atoms with E-state index in [4.69, 9.17) is 16.3 Å². The lowest BCUT2D eigenvalue weighted by atomic mass is 9.44. The predicted octanol–water partition coefficient (Wildman–Crippen LogP) is 6.74. The van der Waals surface area contributed by atoms with Crippen molar-refractivity contribution in [2.24, 2.45) is 23.7 Å². The molecule has 0 spiro atoms. The molecular formula is C42H34ClNO6. The van der Waals surface area contributed by atoms with Gasteiger partial charge in [0.1, 0.15) is 12.4 Å². The normalized spacial score (nSPS) is 27.2. The second kappa shape index (κ2) is 12.7. The van der Waals surface area contributed by atoms with Gasteiger partial charge in [-0.25, -0.2) is 0 Å². The lowest BCUT2D eigenvalue weighted by molar-refractivity contribution is -0.135. The van der Waals surface area contributed by atoms with Crippen LogP contribution in [0.4, 0.5) is 5.69 Å². The Hall–Kier alpha value is -5.11. The van der Waals surface area contributed by atoms with E-state index in [1.807, 2.05) is 72.8 Å². The fourth-order valence-corrected chi connectivity index (χ4v) is 9.14. The molecule has 8 rings (SSSR count). The van der Waals surface area contributed by atoms with E-state index >= 15 is 9.59 Å². The monoisotopic (exact) mass is 683 g/mol. The molecule has 8 heteroatoms. The maximum atomic E-state index is 15.1. The summed E-state index contributed by atoms with van der Waals surface area (Å²) in [6.45, 7) is 0.00216. The Morgan fingerprint density at radius 1 is 0.800 bits per heavy atom. The Morgan fingerprint density at radius 2 is 1.48 bits per heavy atom. The van der Waals surface area contributed by atoms with Crippen molar-refractivity contribution in [3.05, 3.63) is 149 Å². The summed E-state index contributed by atoms with van der Waals surface area (Å²) in [6, 6.07) is 32.8. The van der Waals surface area contributed by atoms with Crippen molar-refractivity contribution in [3.8, 4) is 5.75 Å². The van der Waals surface area contributed by atoms with E-state index in [9.17, 15) is 14.7 Å². The number of ether oxygens (including phenoxy) is 1. The molecule has 7 nitrogen and oxygen atoms in total. The lowest BCUT2D eigenvalue weighted by Crippen LogP contribution is -2.58. The van der Waals surface area contributed by atoms with Gasteiger partial charge in [0.25, 0.3) is 0 Å². The standard InChI is InChI=1S/C42H34ClNO6/c43-28-13-15-29(16-14-28)44-40(48)32-20-19-31-34(37(32)41(44)49)23-35-39(47)33(25-7-3-1-4-8-25)24-36(46)42(35,27-9-5-2-6-10-27)38(31)26-11-17-30(18-12-26)50-22-21-45/h1-19,24,32,34-35,37-38,45H,20-23H2/t32-,34+,35-,37-,38-,42-/m0/s1. The van der Waals surface area contributed by atoms with E-state index < -0.39 is 35.0 Å². The van der Waals surface area contributed by atoms with Gasteiger partial charge in [-0.05, 0) is 77.9 Å². The topological polar surface area (TPSA) is 101 Å². The van der Waals surface area contributed by atoms with Gasteiger partial charge >= 0.3 is 0 Å². The molecule has 0 radical (unpaired) electrons. The van der Waals surface area contributed by atoms with Crippen LogP contribution >= 0.6 is 11.6 Å². The highest BCUT2D eigenvalue weighted by molar-refractivity contribution is 6.32. The zero-order valence-corrected chi connectivity index (χ0v) is 27.8. The summed E-state index contributed by atoms with van der Waals surface area (Å²) in [4.78, 5) is 59.8. The largest absolute Gasteiger partial charge is 0.491 e. The van der Waals surface area contributed by atoms with Crippen LogP contribution in [0.2, 0.25) is 5.02 Å². The molecule has 2 amide bonds. The number of rotatable bonds is 7. The summed E-state index contributed by atoms with van der Waals surface area (Å²) in [5.74, 6) is -3.52. The van der Waals surface area contributed by atoms with Crippen LogP contribution in [0.15, 0.2) is 127 Å². The molecule has 50 heavy (non-hydrogen) atoms. The van der Waals surface area contributed by atoms with Crippen LogP contribution in [-0.4, -0.2) is 41.7 Å². The second-order valence-corrected chi connectivity index (χ2v) is 13.9. The number of hydrogen-bond donors (Lipinski definition) is 1. The fourth-order valence-electron chi connectivity index (χ4n) is 9.01.